The van der Waals surface area contributed by atoms with Gasteiger partial charge in [0.25, 0.3) is 5.91 Å². The fourth-order valence-electron chi connectivity index (χ4n) is 1.89. The van der Waals surface area contributed by atoms with Crippen LogP contribution in [0.1, 0.15) is 30.4 Å². The average molecular weight is 455 g/mol. The van der Waals surface area contributed by atoms with E-state index < -0.39 is 0 Å². The first-order chi connectivity index (χ1) is 9.79. The van der Waals surface area contributed by atoms with Crippen LogP contribution < -0.4 is 5.32 Å². The summed E-state index contributed by atoms with van der Waals surface area (Å²) in [5, 5.41) is 3.52. The van der Waals surface area contributed by atoms with Gasteiger partial charge in [-0.2, -0.15) is 0 Å². The van der Waals surface area contributed by atoms with E-state index in [2.05, 4.69) is 37.2 Å². The summed E-state index contributed by atoms with van der Waals surface area (Å²) in [4.78, 5) is 12.5. The molecule has 0 aliphatic heterocycles. The summed E-state index contributed by atoms with van der Waals surface area (Å²) in [5.74, 6) is -0.263. The van der Waals surface area contributed by atoms with Crippen molar-refractivity contribution in [1.82, 2.24) is 4.57 Å². The summed E-state index contributed by atoms with van der Waals surface area (Å²) in [6, 6.07) is 5.28. The van der Waals surface area contributed by atoms with Crippen LogP contribution in [0.25, 0.3) is 0 Å². The SMILES string of the molecule is CC(C)n1cc(Br)cc1C(=O)Nc1c(Cl)cc(Br)cc1Cl. The molecular formula is C14H12Br2Cl2N2O. The molecule has 1 aromatic heterocycles. The fraction of sp³-hybridized carbons (Fsp3) is 0.214. The summed E-state index contributed by atoms with van der Waals surface area (Å²) in [6.45, 7) is 4.01. The van der Waals surface area contributed by atoms with Crippen LogP contribution in [-0.4, -0.2) is 10.5 Å². The molecule has 0 bridgehead atoms. The third kappa shape index (κ3) is 3.83. The number of benzene rings is 1. The molecule has 0 saturated carbocycles. The standard InChI is InChI=1S/C14H12Br2Cl2N2O/c1-7(2)20-6-9(16)5-12(20)14(21)19-13-10(17)3-8(15)4-11(13)18/h3-7H,1-2H3,(H,19,21). The molecule has 2 rings (SSSR count). The van der Waals surface area contributed by atoms with Crippen molar-refractivity contribution in [2.75, 3.05) is 5.32 Å². The first-order valence-electron chi connectivity index (χ1n) is 6.13. The van der Waals surface area contributed by atoms with Crippen molar-refractivity contribution in [3.8, 4) is 0 Å². The van der Waals surface area contributed by atoms with Gasteiger partial charge in [-0.05, 0) is 48.0 Å². The third-order valence-electron chi connectivity index (χ3n) is 2.85. The van der Waals surface area contributed by atoms with Crippen LogP contribution >= 0.6 is 55.1 Å². The van der Waals surface area contributed by atoms with Gasteiger partial charge in [-0.15, -0.1) is 0 Å². The lowest BCUT2D eigenvalue weighted by atomic mass is 10.3. The molecule has 21 heavy (non-hydrogen) atoms. The van der Waals surface area contributed by atoms with Crippen molar-refractivity contribution < 1.29 is 4.79 Å². The highest BCUT2D eigenvalue weighted by Gasteiger charge is 2.18. The van der Waals surface area contributed by atoms with Crippen molar-refractivity contribution in [1.29, 1.82) is 0 Å². The predicted molar refractivity (Wildman–Crippen MR) is 94.6 cm³/mol. The van der Waals surface area contributed by atoms with Gasteiger partial charge in [-0.1, -0.05) is 39.1 Å². The molecule has 0 fully saturated rings. The maximum atomic E-state index is 12.5. The molecule has 1 heterocycles. The average Bonchev–Trinajstić information content (AvgIpc) is 2.76. The molecule has 0 saturated heterocycles. The molecule has 0 aliphatic carbocycles. The molecule has 1 amide bonds. The van der Waals surface area contributed by atoms with Gasteiger partial charge in [0.05, 0.1) is 15.7 Å². The maximum Gasteiger partial charge on any atom is 0.272 e. The Bertz CT molecular complexity index is 675. The van der Waals surface area contributed by atoms with Crippen molar-refractivity contribution in [3.63, 3.8) is 0 Å². The lowest BCUT2D eigenvalue weighted by Crippen LogP contribution is -2.18. The van der Waals surface area contributed by atoms with Crippen LogP contribution in [0.3, 0.4) is 0 Å². The fourth-order valence-corrected chi connectivity index (χ4v) is 3.63. The van der Waals surface area contributed by atoms with Crippen molar-refractivity contribution in [3.05, 3.63) is 49.1 Å². The second kappa shape index (κ2) is 6.73. The van der Waals surface area contributed by atoms with Crippen LogP contribution in [0.15, 0.2) is 33.3 Å². The Kier molecular flexibility index (Phi) is 5.41. The first kappa shape index (κ1) is 16.9. The Balaban J connectivity index is 2.35. The molecule has 0 spiro atoms. The highest BCUT2D eigenvalue weighted by molar-refractivity contribution is 9.10. The Morgan fingerprint density at radius 3 is 2.24 bits per heavy atom. The number of anilines is 1. The summed E-state index contributed by atoms with van der Waals surface area (Å²) < 4.78 is 3.47. The minimum absolute atomic E-state index is 0.160. The maximum absolute atomic E-state index is 12.5. The minimum atomic E-state index is -0.263. The number of rotatable bonds is 3. The van der Waals surface area contributed by atoms with Gasteiger partial charge in [-0.3, -0.25) is 4.79 Å². The van der Waals surface area contributed by atoms with Gasteiger partial charge in [0, 0.05) is 21.2 Å². The van der Waals surface area contributed by atoms with Crippen LogP contribution in [0.4, 0.5) is 5.69 Å². The van der Waals surface area contributed by atoms with Gasteiger partial charge in [0.2, 0.25) is 0 Å². The number of nitrogens with one attached hydrogen (secondary N) is 1. The monoisotopic (exact) mass is 452 g/mol. The zero-order valence-corrected chi connectivity index (χ0v) is 15.9. The van der Waals surface area contributed by atoms with Crippen molar-refractivity contribution in [2.24, 2.45) is 0 Å². The number of hydrogen-bond acceptors (Lipinski definition) is 1. The topological polar surface area (TPSA) is 34.0 Å². The summed E-state index contributed by atoms with van der Waals surface area (Å²) in [7, 11) is 0. The minimum Gasteiger partial charge on any atom is -0.340 e. The highest BCUT2D eigenvalue weighted by atomic mass is 79.9. The molecule has 3 nitrogen and oxygen atoms in total. The number of carbonyl (C=O) groups excluding carboxylic acids is 1. The zero-order chi connectivity index (χ0) is 15.7. The van der Waals surface area contributed by atoms with Gasteiger partial charge < -0.3 is 9.88 Å². The molecule has 112 valence electrons. The van der Waals surface area contributed by atoms with Crippen molar-refractivity contribution in [2.45, 2.75) is 19.9 Å². The first-order valence-corrected chi connectivity index (χ1v) is 8.47. The van der Waals surface area contributed by atoms with Crippen LogP contribution in [0.5, 0.6) is 0 Å². The molecule has 0 unspecified atom stereocenters. The van der Waals surface area contributed by atoms with E-state index >= 15 is 0 Å². The van der Waals surface area contributed by atoms with E-state index in [4.69, 9.17) is 23.2 Å². The normalized spacial score (nSPS) is 11.0. The molecule has 1 aromatic carbocycles. The van der Waals surface area contributed by atoms with Gasteiger partial charge in [-0.25, -0.2) is 0 Å². The molecule has 7 heteroatoms. The van der Waals surface area contributed by atoms with E-state index in [9.17, 15) is 4.79 Å². The molecule has 0 atom stereocenters. The van der Waals surface area contributed by atoms with Crippen LogP contribution in [-0.2, 0) is 0 Å². The summed E-state index contributed by atoms with van der Waals surface area (Å²) >= 11 is 18.9. The Labute approximate surface area is 149 Å². The summed E-state index contributed by atoms with van der Waals surface area (Å²) in [5.41, 5.74) is 0.936. The number of hydrogen-bond donors (Lipinski definition) is 1. The number of carbonyl (C=O) groups is 1. The third-order valence-corrected chi connectivity index (χ3v) is 4.34. The molecule has 0 radical (unpaired) electrons. The Morgan fingerprint density at radius 1 is 1.14 bits per heavy atom. The van der Waals surface area contributed by atoms with E-state index in [0.29, 0.717) is 21.4 Å². The molecule has 2 aromatic rings. The second-order valence-corrected chi connectivity index (χ2v) is 7.39. The van der Waals surface area contributed by atoms with Crippen LogP contribution in [0, 0.1) is 0 Å². The van der Waals surface area contributed by atoms with E-state index in [1.807, 2.05) is 24.6 Å². The number of nitrogens with zero attached hydrogens (tertiary/aromatic N) is 1. The Morgan fingerprint density at radius 2 is 1.71 bits per heavy atom. The molecule has 0 aliphatic rings. The Hall–Kier alpha value is -0.490. The van der Waals surface area contributed by atoms with Gasteiger partial charge in [0.1, 0.15) is 5.69 Å². The van der Waals surface area contributed by atoms with E-state index in [1.165, 1.54) is 0 Å². The zero-order valence-electron chi connectivity index (χ0n) is 11.3. The van der Waals surface area contributed by atoms with E-state index in [0.717, 1.165) is 8.95 Å². The quantitative estimate of drug-likeness (QED) is 0.592. The van der Waals surface area contributed by atoms with Gasteiger partial charge in [0.15, 0.2) is 0 Å². The number of aromatic nitrogens is 1. The lowest BCUT2D eigenvalue weighted by Gasteiger charge is -2.14. The van der Waals surface area contributed by atoms with E-state index in [-0.39, 0.29) is 11.9 Å². The van der Waals surface area contributed by atoms with E-state index in [1.54, 1.807) is 18.2 Å². The van der Waals surface area contributed by atoms with Gasteiger partial charge >= 0.3 is 0 Å². The number of halogens is 4. The molecule has 1 N–H and O–H groups in total. The number of amides is 1. The largest absolute Gasteiger partial charge is 0.340 e. The summed E-state index contributed by atoms with van der Waals surface area (Å²) in [6.07, 6.45) is 1.87. The smallest absolute Gasteiger partial charge is 0.272 e. The van der Waals surface area contributed by atoms with Crippen molar-refractivity contribution >= 4 is 66.7 Å². The van der Waals surface area contributed by atoms with Crippen LogP contribution in [0.2, 0.25) is 10.0 Å². The second-order valence-electron chi connectivity index (χ2n) is 4.74. The molecular weight excluding hydrogens is 443 g/mol. The lowest BCUT2D eigenvalue weighted by molar-refractivity contribution is 0.101. The highest BCUT2D eigenvalue weighted by Crippen LogP contribution is 2.34. The predicted octanol–water partition coefficient (Wildman–Crippen LogP) is 6.15.